The van der Waals surface area contributed by atoms with Crippen LogP contribution in [0.1, 0.15) is 58.1 Å². The summed E-state index contributed by atoms with van der Waals surface area (Å²) < 4.78 is 0. The van der Waals surface area contributed by atoms with Gasteiger partial charge in [-0.05, 0) is 43.2 Å². The second-order valence-electron chi connectivity index (χ2n) is 5.57. The molecule has 108 valence electrons. The maximum Gasteiger partial charge on any atom is 0.0331 e. The third kappa shape index (κ3) is 6.01. The van der Waals surface area contributed by atoms with E-state index in [1.807, 2.05) is 11.8 Å². The summed E-state index contributed by atoms with van der Waals surface area (Å²) in [4.78, 5) is 1.42. The van der Waals surface area contributed by atoms with Crippen molar-refractivity contribution < 1.29 is 0 Å². The van der Waals surface area contributed by atoms with Gasteiger partial charge in [-0.3, -0.25) is 0 Å². The number of thioether (sulfide) groups is 1. The zero-order valence-electron chi connectivity index (χ0n) is 12.9. The van der Waals surface area contributed by atoms with E-state index < -0.39 is 0 Å². The lowest BCUT2D eigenvalue weighted by Crippen LogP contribution is -2.22. The highest BCUT2D eigenvalue weighted by Gasteiger charge is 2.13. The van der Waals surface area contributed by atoms with Crippen molar-refractivity contribution in [3.05, 3.63) is 29.8 Å². The van der Waals surface area contributed by atoms with E-state index in [2.05, 4.69) is 56.6 Å². The molecule has 1 aromatic rings. The number of rotatable bonds is 9. The van der Waals surface area contributed by atoms with Crippen molar-refractivity contribution >= 4 is 11.8 Å². The quantitative estimate of drug-likeness (QED) is 0.618. The van der Waals surface area contributed by atoms with E-state index in [-0.39, 0.29) is 0 Å². The Hall–Kier alpha value is -0.470. The third-order valence-electron chi connectivity index (χ3n) is 3.43. The van der Waals surface area contributed by atoms with Gasteiger partial charge in [0.25, 0.3) is 0 Å². The molecule has 1 N–H and O–H groups in total. The van der Waals surface area contributed by atoms with Gasteiger partial charge in [-0.1, -0.05) is 51.8 Å². The highest BCUT2D eigenvalue weighted by atomic mass is 32.2. The van der Waals surface area contributed by atoms with Crippen molar-refractivity contribution in [3.8, 4) is 0 Å². The number of hydrogen-bond donors (Lipinski definition) is 1. The summed E-state index contributed by atoms with van der Waals surface area (Å²) in [6, 6.07) is 9.35. The molecule has 0 saturated heterocycles. The van der Waals surface area contributed by atoms with E-state index in [9.17, 15) is 0 Å². The number of benzene rings is 1. The van der Waals surface area contributed by atoms with Crippen LogP contribution in [0.25, 0.3) is 0 Å². The highest BCUT2D eigenvalue weighted by molar-refractivity contribution is 7.98. The molecule has 1 rings (SSSR count). The second-order valence-corrected chi connectivity index (χ2v) is 6.42. The molecule has 1 aromatic carbocycles. The summed E-state index contributed by atoms with van der Waals surface area (Å²) >= 11 is 1.86. The average Bonchev–Trinajstić information content (AvgIpc) is 2.42. The first-order valence-electron chi connectivity index (χ1n) is 7.55. The van der Waals surface area contributed by atoms with Gasteiger partial charge < -0.3 is 5.32 Å². The van der Waals surface area contributed by atoms with Gasteiger partial charge >= 0.3 is 0 Å². The fourth-order valence-corrected chi connectivity index (χ4v) is 3.03. The first-order chi connectivity index (χ1) is 9.19. The predicted molar refractivity (Wildman–Crippen MR) is 87.9 cm³/mol. The minimum Gasteiger partial charge on any atom is -0.310 e. The van der Waals surface area contributed by atoms with Crippen LogP contribution >= 0.6 is 11.8 Å². The van der Waals surface area contributed by atoms with Crippen LogP contribution < -0.4 is 5.32 Å². The SMILES string of the molecule is CCCNC(CCCC(C)C)c1ccccc1SC. The van der Waals surface area contributed by atoms with E-state index in [4.69, 9.17) is 0 Å². The van der Waals surface area contributed by atoms with Gasteiger partial charge in [0, 0.05) is 10.9 Å². The first kappa shape index (κ1) is 16.6. The molecule has 0 saturated carbocycles. The Morgan fingerprint density at radius 1 is 1.16 bits per heavy atom. The number of hydrogen-bond acceptors (Lipinski definition) is 2. The molecule has 19 heavy (non-hydrogen) atoms. The zero-order chi connectivity index (χ0) is 14.1. The van der Waals surface area contributed by atoms with Gasteiger partial charge in [-0.15, -0.1) is 11.8 Å². The lowest BCUT2D eigenvalue weighted by Gasteiger charge is -2.21. The molecule has 1 atom stereocenters. The third-order valence-corrected chi connectivity index (χ3v) is 4.24. The van der Waals surface area contributed by atoms with Gasteiger partial charge in [0.15, 0.2) is 0 Å². The lowest BCUT2D eigenvalue weighted by molar-refractivity contribution is 0.444. The summed E-state index contributed by atoms with van der Waals surface area (Å²) in [5.41, 5.74) is 1.48. The van der Waals surface area contributed by atoms with Crippen LogP contribution in [0.15, 0.2) is 29.2 Å². The fourth-order valence-electron chi connectivity index (χ4n) is 2.37. The van der Waals surface area contributed by atoms with Crippen LogP contribution in [-0.4, -0.2) is 12.8 Å². The van der Waals surface area contributed by atoms with E-state index in [0.29, 0.717) is 6.04 Å². The Bertz CT molecular complexity index is 349. The van der Waals surface area contributed by atoms with Crippen molar-refractivity contribution in [3.63, 3.8) is 0 Å². The normalized spacial score (nSPS) is 12.9. The topological polar surface area (TPSA) is 12.0 Å². The summed E-state index contributed by atoms with van der Waals surface area (Å²) in [7, 11) is 0. The van der Waals surface area contributed by atoms with Crippen LogP contribution in [0.4, 0.5) is 0 Å². The summed E-state index contributed by atoms with van der Waals surface area (Å²) in [5.74, 6) is 0.808. The molecule has 0 aliphatic heterocycles. The van der Waals surface area contributed by atoms with Crippen LogP contribution in [-0.2, 0) is 0 Å². The van der Waals surface area contributed by atoms with Crippen LogP contribution in [0.2, 0.25) is 0 Å². The monoisotopic (exact) mass is 279 g/mol. The summed E-state index contributed by atoms with van der Waals surface area (Å²) in [6.45, 7) is 7.96. The Morgan fingerprint density at radius 3 is 2.53 bits per heavy atom. The molecule has 0 fully saturated rings. The van der Waals surface area contributed by atoms with E-state index >= 15 is 0 Å². The Balaban J connectivity index is 2.71. The summed E-state index contributed by atoms with van der Waals surface area (Å²) in [5, 5.41) is 3.72. The molecule has 0 amide bonds. The maximum atomic E-state index is 3.72. The van der Waals surface area contributed by atoms with Crippen molar-refractivity contribution in [1.29, 1.82) is 0 Å². The molecule has 1 unspecified atom stereocenters. The molecule has 0 aliphatic carbocycles. The molecular formula is C17H29NS. The molecule has 0 aliphatic rings. The largest absolute Gasteiger partial charge is 0.310 e. The van der Waals surface area contributed by atoms with Crippen LogP contribution in [0.3, 0.4) is 0 Å². The number of nitrogens with one attached hydrogen (secondary N) is 1. The van der Waals surface area contributed by atoms with Gasteiger partial charge in [0.2, 0.25) is 0 Å². The predicted octanol–water partition coefficient (Wildman–Crippen LogP) is 5.28. The van der Waals surface area contributed by atoms with Crippen molar-refractivity contribution in [2.24, 2.45) is 5.92 Å². The highest BCUT2D eigenvalue weighted by Crippen LogP contribution is 2.29. The maximum absolute atomic E-state index is 3.72. The molecule has 2 heteroatoms. The van der Waals surface area contributed by atoms with Crippen molar-refractivity contribution in [1.82, 2.24) is 5.32 Å². The summed E-state index contributed by atoms with van der Waals surface area (Å²) in [6.07, 6.45) is 7.25. The lowest BCUT2D eigenvalue weighted by atomic mass is 9.98. The Labute approximate surface area is 123 Å². The standard InChI is InChI=1S/C17H29NS/c1-5-13-18-16(11-8-9-14(2)3)15-10-6-7-12-17(15)19-4/h6-7,10,12,14,16,18H,5,8-9,11,13H2,1-4H3. The molecule has 1 nitrogen and oxygen atoms in total. The van der Waals surface area contributed by atoms with Gasteiger partial charge in [0.1, 0.15) is 0 Å². The van der Waals surface area contributed by atoms with Crippen LogP contribution in [0, 0.1) is 5.92 Å². The van der Waals surface area contributed by atoms with Crippen LogP contribution in [0.5, 0.6) is 0 Å². The van der Waals surface area contributed by atoms with E-state index in [1.165, 1.54) is 36.1 Å². The van der Waals surface area contributed by atoms with Crippen molar-refractivity contribution in [2.75, 3.05) is 12.8 Å². The van der Waals surface area contributed by atoms with Crippen molar-refractivity contribution in [2.45, 2.75) is 57.4 Å². The minimum absolute atomic E-state index is 0.516. The Morgan fingerprint density at radius 2 is 1.89 bits per heavy atom. The van der Waals surface area contributed by atoms with Gasteiger partial charge in [-0.2, -0.15) is 0 Å². The molecule has 0 heterocycles. The smallest absolute Gasteiger partial charge is 0.0331 e. The molecular weight excluding hydrogens is 250 g/mol. The minimum atomic E-state index is 0.516. The first-order valence-corrected chi connectivity index (χ1v) is 8.77. The van der Waals surface area contributed by atoms with E-state index in [1.54, 1.807) is 0 Å². The molecule has 0 aromatic heterocycles. The average molecular weight is 279 g/mol. The zero-order valence-corrected chi connectivity index (χ0v) is 13.7. The molecule has 0 bridgehead atoms. The van der Waals surface area contributed by atoms with Gasteiger partial charge in [0.05, 0.1) is 0 Å². The molecule has 0 radical (unpaired) electrons. The Kier molecular flexibility index (Phi) is 8.24. The van der Waals surface area contributed by atoms with E-state index in [0.717, 1.165) is 12.5 Å². The van der Waals surface area contributed by atoms with Gasteiger partial charge in [-0.25, -0.2) is 0 Å². The second kappa shape index (κ2) is 9.44. The fraction of sp³-hybridized carbons (Fsp3) is 0.647. The molecule has 0 spiro atoms.